The van der Waals surface area contributed by atoms with Crippen molar-refractivity contribution >= 4 is 34.1 Å². The first kappa shape index (κ1) is 12.7. The van der Waals surface area contributed by atoms with E-state index in [1.54, 1.807) is 36.5 Å². The highest BCUT2D eigenvalue weighted by Gasteiger charge is 2.12. The maximum atomic E-state index is 13.1. The van der Waals surface area contributed by atoms with Gasteiger partial charge in [0.05, 0.1) is 5.56 Å². The summed E-state index contributed by atoms with van der Waals surface area (Å²) in [5.74, 6) is -0.697. The topological polar surface area (TPSA) is 44.9 Å². The molecule has 0 saturated heterocycles. The number of hydrogen-bond donors (Lipinski definition) is 2. The fourth-order valence-electron chi connectivity index (χ4n) is 2.05. The molecule has 0 aliphatic heterocycles. The van der Waals surface area contributed by atoms with Gasteiger partial charge in [0.2, 0.25) is 0 Å². The van der Waals surface area contributed by atoms with E-state index in [4.69, 9.17) is 11.6 Å². The lowest BCUT2D eigenvalue weighted by atomic mass is 10.1. The Balaban J connectivity index is 1.93. The number of fused-ring (bicyclic) bond motifs is 1. The van der Waals surface area contributed by atoms with Crippen LogP contribution in [0, 0.1) is 5.82 Å². The van der Waals surface area contributed by atoms with Gasteiger partial charge in [0.25, 0.3) is 5.91 Å². The number of H-pyrrole nitrogens is 1. The Morgan fingerprint density at radius 3 is 2.85 bits per heavy atom. The number of carbonyl (C=O) groups excluding carboxylic acids is 1. The van der Waals surface area contributed by atoms with Crippen LogP contribution in [0.1, 0.15) is 10.4 Å². The van der Waals surface area contributed by atoms with Crippen molar-refractivity contribution in [1.82, 2.24) is 4.98 Å². The van der Waals surface area contributed by atoms with Gasteiger partial charge in [-0.1, -0.05) is 23.7 Å². The van der Waals surface area contributed by atoms with Crippen molar-refractivity contribution in [2.75, 3.05) is 5.32 Å². The number of amides is 1. The third-order valence-corrected chi connectivity index (χ3v) is 3.21. The Kier molecular flexibility index (Phi) is 3.16. The zero-order valence-electron chi connectivity index (χ0n) is 10.3. The smallest absolute Gasteiger partial charge is 0.257 e. The molecule has 0 fully saturated rings. The molecule has 1 heterocycles. The summed E-state index contributed by atoms with van der Waals surface area (Å²) in [5.41, 5.74) is 1.68. The van der Waals surface area contributed by atoms with Gasteiger partial charge in [0.15, 0.2) is 0 Å². The van der Waals surface area contributed by atoms with Crippen LogP contribution in [0.25, 0.3) is 10.9 Å². The van der Waals surface area contributed by atoms with Crippen LogP contribution >= 0.6 is 11.6 Å². The molecular formula is C15H10ClFN2O. The Morgan fingerprint density at radius 1 is 1.20 bits per heavy atom. The average molecular weight is 289 g/mol. The quantitative estimate of drug-likeness (QED) is 0.729. The van der Waals surface area contributed by atoms with E-state index in [1.807, 2.05) is 0 Å². The summed E-state index contributed by atoms with van der Waals surface area (Å²) in [7, 11) is 0. The second-order valence-electron chi connectivity index (χ2n) is 4.36. The molecule has 0 radical (unpaired) electrons. The van der Waals surface area contributed by atoms with E-state index >= 15 is 0 Å². The van der Waals surface area contributed by atoms with Crippen molar-refractivity contribution in [2.45, 2.75) is 0 Å². The van der Waals surface area contributed by atoms with Crippen molar-refractivity contribution < 1.29 is 9.18 Å². The zero-order valence-corrected chi connectivity index (χ0v) is 11.0. The molecule has 0 spiro atoms. The molecule has 1 aromatic heterocycles. The Morgan fingerprint density at radius 2 is 2.05 bits per heavy atom. The molecule has 2 N–H and O–H groups in total. The van der Waals surface area contributed by atoms with Crippen LogP contribution in [0.4, 0.5) is 10.1 Å². The predicted octanol–water partition coefficient (Wildman–Crippen LogP) is 4.21. The summed E-state index contributed by atoms with van der Waals surface area (Å²) in [6.45, 7) is 0. The third-order valence-electron chi connectivity index (χ3n) is 2.97. The molecule has 1 amide bonds. The second kappa shape index (κ2) is 4.98. The van der Waals surface area contributed by atoms with Crippen LogP contribution in [-0.2, 0) is 0 Å². The Bertz CT molecular complexity index is 797. The fraction of sp³-hybridized carbons (Fsp3) is 0. The fourth-order valence-corrected chi connectivity index (χ4v) is 2.22. The molecule has 0 bridgehead atoms. The van der Waals surface area contributed by atoms with Gasteiger partial charge in [-0.3, -0.25) is 4.79 Å². The van der Waals surface area contributed by atoms with Crippen molar-refractivity contribution in [3.8, 4) is 0 Å². The van der Waals surface area contributed by atoms with Crippen molar-refractivity contribution in [3.63, 3.8) is 0 Å². The summed E-state index contributed by atoms with van der Waals surface area (Å²) < 4.78 is 13.1. The van der Waals surface area contributed by atoms with E-state index < -0.39 is 5.82 Å². The molecule has 0 aliphatic rings. The van der Waals surface area contributed by atoms with Gasteiger partial charge in [-0.15, -0.1) is 0 Å². The highest BCUT2D eigenvalue weighted by Crippen LogP contribution is 2.23. The van der Waals surface area contributed by atoms with Gasteiger partial charge in [0, 0.05) is 27.8 Å². The number of hydrogen-bond acceptors (Lipinski definition) is 1. The summed E-state index contributed by atoms with van der Waals surface area (Å²) in [5, 5.41) is 4.02. The van der Waals surface area contributed by atoms with Crippen molar-refractivity contribution in [3.05, 3.63) is 65.1 Å². The first-order valence-corrected chi connectivity index (χ1v) is 6.35. The molecular weight excluding hydrogens is 279 g/mol. The second-order valence-corrected chi connectivity index (χ2v) is 4.79. The van der Waals surface area contributed by atoms with E-state index in [1.165, 1.54) is 12.1 Å². The van der Waals surface area contributed by atoms with Crippen molar-refractivity contribution in [1.29, 1.82) is 0 Å². The Hall–Kier alpha value is -2.33. The lowest BCUT2D eigenvalue weighted by Gasteiger charge is -2.04. The summed E-state index contributed by atoms with van der Waals surface area (Å²) in [6.07, 6.45) is 1.61. The lowest BCUT2D eigenvalue weighted by Crippen LogP contribution is -2.11. The maximum Gasteiger partial charge on any atom is 0.257 e. The number of rotatable bonds is 2. The molecule has 0 saturated carbocycles. The van der Waals surface area contributed by atoms with E-state index in [2.05, 4.69) is 10.3 Å². The van der Waals surface area contributed by atoms with Crippen LogP contribution < -0.4 is 5.32 Å². The molecule has 20 heavy (non-hydrogen) atoms. The number of aromatic nitrogens is 1. The summed E-state index contributed by atoms with van der Waals surface area (Å²) in [4.78, 5) is 15.2. The van der Waals surface area contributed by atoms with E-state index in [0.29, 0.717) is 16.3 Å². The van der Waals surface area contributed by atoms with Gasteiger partial charge < -0.3 is 10.3 Å². The number of anilines is 1. The van der Waals surface area contributed by atoms with Crippen LogP contribution in [0.15, 0.2) is 48.7 Å². The van der Waals surface area contributed by atoms with Gasteiger partial charge in [-0.05, 0) is 30.3 Å². The Labute approximate surface area is 119 Å². The molecule has 0 aliphatic carbocycles. The van der Waals surface area contributed by atoms with Crippen LogP contribution in [-0.4, -0.2) is 10.9 Å². The van der Waals surface area contributed by atoms with Crippen molar-refractivity contribution in [2.24, 2.45) is 0 Å². The minimum Gasteiger partial charge on any atom is -0.360 e. The van der Waals surface area contributed by atoms with Crippen LogP contribution in [0.3, 0.4) is 0 Å². The standard InChI is InChI=1S/C15H10ClFN2O/c16-9-4-5-12-13(8-18-14(12)6-9)15(20)19-11-3-1-2-10(17)7-11/h1-8,18H,(H,19,20). The summed E-state index contributed by atoms with van der Waals surface area (Å²) >= 11 is 5.89. The SMILES string of the molecule is O=C(Nc1cccc(F)c1)c1c[nH]c2cc(Cl)ccc12. The van der Waals surface area contributed by atoms with Crippen LogP contribution in [0.2, 0.25) is 5.02 Å². The number of aromatic amines is 1. The lowest BCUT2D eigenvalue weighted by molar-refractivity contribution is 0.102. The normalized spacial score (nSPS) is 10.7. The van der Waals surface area contributed by atoms with Crippen LogP contribution in [0.5, 0.6) is 0 Å². The molecule has 5 heteroatoms. The molecule has 100 valence electrons. The number of nitrogens with one attached hydrogen (secondary N) is 2. The maximum absolute atomic E-state index is 13.1. The zero-order chi connectivity index (χ0) is 14.1. The predicted molar refractivity (Wildman–Crippen MR) is 77.7 cm³/mol. The first-order valence-electron chi connectivity index (χ1n) is 5.97. The molecule has 0 unspecified atom stereocenters. The molecule has 0 atom stereocenters. The van der Waals surface area contributed by atoms with E-state index in [0.717, 1.165) is 10.9 Å². The highest BCUT2D eigenvalue weighted by atomic mass is 35.5. The number of benzene rings is 2. The monoisotopic (exact) mass is 288 g/mol. The third kappa shape index (κ3) is 2.38. The highest BCUT2D eigenvalue weighted by molar-refractivity contribution is 6.31. The summed E-state index contributed by atoms with van der Waals surface area (Å²) in [6, 6.07) is 11.0. The molecule has 3 nitrogen and oxygen atoms in total. The average Bonchev–Trinajstić information content (AvgIpc) is 2.81. The van der Waals surface area contributed by atoms with Gasteiger partial charge in [-0.2, -0.15) is 0 Å². The first-order chi connectivity index (χ1) is 9.63. The number of halogens is 2. The van der Waals surface area contributed by atoms with Gasteiger partial charge in [-0.25, -0.2) is 4.39 Å². The molecule has 3 aromatic rings. The minimum atomic E-state index is -0.395. The minimum absolute atomic E-state index is 0.302. The van der Waals surface area contributed by atoms with E-state index in [-0.39, 0.29) is 5.91 Å². The van der Waals surface area contributed by atoms with Gasteiger partial charge >= 0.3 is 0 Å². The largest absolute Gasteiger partial charge is 0.360 e. The molecule has 2 aromatic carbocycles. The molecule has 3 rings (SSSR count). The van der Waals surface area contributed by atoms with E-state index in [9.17, 15) is 9.18 Å². The number of carbonyl (C=O) groups is 1. The van der Waals surface area contributed by atoms with Gasteiger partial charge in [0.1, 0.15) is 5.82 Å².